The highest BCUT2D eigenvalue weighted by atomic mass is 35.5. The van der Waals surface area contributed by atoms with Crippen LogP contribution in [0, 0.1) is 5.82 Å². The van der Waals surface area contributed by atoms with Crippen LogP contribution in [0.1, 0.15) is 30.0 Å². The molecule has 0 unspecified atom stereocenters. The largest absolute Gasteiger partial charge is 0.354 e. The molecule has 0 saturated heterocycles. The fourth-order valence-electron chi connectivity index (χ4n) is 3.63. The van der Waals surface area contributed by atoms with Crippen molar-refractivity contribution in [2.24, 2.45) is 0 Å². The Hall–Kier alpha value is -2.89. The van der Waals surface area contributed by atoms with Crippen molar-refractivity contribution < 1.29 is 14.0 Å². The molecule has 0 aliphatic carbocycles. The van der Waals surface area contributed by atoms with Gasteiger partial charge in [0.05, 0.1) is 16.5 Å². The van der Waals surface area contributed by atoms with Crippen molar-refractivity contribution in [2.75, 3.05) is 6.54 Å². The quantitative estimate of drug-likeness (QED) is 0.380. The van der Waals surface area contributed by atoms with E-state index in [1.165, 1.54) is 12.1 Å². The Bertz CT molecular complexity index is 1110. The number of carbonyl (C=O) groups excluding carboxylic acids is 2. The van der Waals surface area contributed by atoms with Crippen molar-refractivity contribution in [2.45, 2.75) is 38.8 Å². The maximum Gasteiger partial charge on any atom is 0.243 e. The molecule has 3 aromatic carbocycles. The molecular formula is C27H27Cl2FN2O2. The molecule has 0 fully saturated rings. The Morgan fingerprint density at radius 2 is 1.59 bits per heavy atom. The maximum absolute atomic E-state index is 13.6. The monoisotopic (exact) mass is 500 g/mol. The van der Waals surface area contributed by atoms with Crippen LogP contribution in [0.3, 0.4) is 0 Å². The number of rotatable bonds is 10. The average Bonchev–Trinajstić information content (AvgIpc) is 2.84. The zero-order chi connectivity index (χ0) is 24.5. The lowest BCUT2D eigenvalue weighted by atomic mass is 10.0. The molecule has 178 valence electrons. The molecule has 1 N–H and O–H groups in total. The van der Waals surface area contributed by atoms with Gasteiger partial charge in [-0.05, 0) is 47.4 Å². The van der Waals surface area contributed by atoms with Gasteiger partial charge in [0.2, 0.25) is 11.8 Å². The van der Waals surface area contributed by atoms with Gasteiger partial charge in [0.25, 0.3) is 0 Å². The third-order valence-corrected chi connectivity index (χ3v) is 6.16. The summed E-state index contributed by atoms with van der Waals surface area (Å²) in [6.07, 6.45) is 1.17. The van der Waals surface area contributed by atoms with Crippen LogP contribution < -0.4 is 5.32 Å². The van der Waals surface area contributed by atoms with Crippen LogP contribution in [-0.2, 0) is 29.0 Å². The van der Waals surface area contributed by atoms with Gasteiger partial charge in [0.15, 0.2) is 0 Å². The number of nitrogens with zero attached hydrogens (tertiary/aromatic N) is 1. The summed E-state index contributed by atoms with van der Waals surface area (Å²) in [7, 11) is 0. The van der Waals surface area contributed by atoms with Crippen LogP contribution in [0.25, 0.3) is 0 Å². The third kappa shape index (κ3) is 7.31. The summed E-state index contributed by atoms with van der Waals surface area (Å²) in [5.74, 6) is -0.840. The molecule has 0 aliphatic heterocycles. The van der Waals surface area contributed by atoms with Gasteiger partial charge >= 0.3 is 0 Å². The summed E-state index contributed by atoms with van der Waals surface area (Å²) >= 11 is 12.3. The van der Waals surface area contributed by atoms with Gasteiger partial charge < -0.3 is 10.2 Å². The number of carbonyl (C=O) groups is 2. The smallest absolute Gasteiger partial charge is 0.243 e. The number of benzene rings is 3. The van der Waals surface area contributed by atoms with Crippen LogP contribution in [0.15, 0.2) is 72.8 Å². The van der Waals surface area contributed by atoms with E-state index in [2.05, 4.69) is 5.32 Å². The van der Waals surface area contributed by atoms with Crippen LogP contribution in [0.4, 0.5) is 4.39 Å². The second-order valence-corrected chi connectivity index (χ2v) is 8.88. The molecule has 3 rings (SSSR count). The Labute approximate surface area is 209 Å². The topological polar surface area (TPSA) is 49.4 Å². The molecule has 4 nitrogen and oxygen atoms in total. The van der Waals surface area contributed by atoms with E-state index in [-0.39, 0.29) is 30.6 Å². The van der Waals surface area contributed by atoms with E-state index in [4.69, 9.17) is 23.2 Å². The Morgan fingerprint density at radius 1 is 0.912 bits per heavy atom. The highest BCUT2D eigenvalue weighted by molar-refractivity contribution is 6.42. The summed E-state index contributed by atoms with van der Waals surface area (Å²) in [6, 6.07) is 19.8. The van der Waals surface area contributed by atoms with Crippen LogP contribution in [0.2, 0.25) is 10.0 Å². The van der Waals surface area contributed by atoms with E-state index in [0.29, 0.717) is 28.6 Å². The zero-order valence-electron chi connectivity index (χ0n) is 18.9. The number of amides is 2. The van der Waals surface area contributed by atoms with E-state index >= 15 is 0 Å². The minimum atomic E-state index is -0.739. The number of hydrogen-bond donors (Lipinski definition) is 1. The Kier molecular flexibility index (Phi) is 9.49. The maximum atomic E-state index is 13.6. The molecule has 0 heterocycles. The molecule has 0 radical (unpaired) electrons. The molecule has 2 amide bonds. The molecule has 0 bridgehead atoms. The van der Waals surface area contributed by atoms with Crippen molar-refractivity contribution in [3.05, 3.63) is 105 Å². The molecule has 0 aliphatic rings. The lowest BCUT2D eigenvalue weighted by Crippen LogP contribution is -2.51. The third-order valence-electron chi connectivity index (χ3n) is 5.43. The van der Waals surface area contributed by atoms with E-state index < -0.39 is 6.04 Å². The van der Waals surface area contributed by atoms with Gasteiger partial charge in [0, 0.05) is 19.5 Å². The zero-order valence-corrected chi connectivity index (χ0v) is 20.5. The minimum Gasteiger partial charge on any atom is -0.354 e. The summed E-state index contributed by atoms with van der Waals surface area (Å²) in [5, 5.41) is 3.72. The summed E-state index contributed by atoms with van der Waals surface area (Å²) < 4.78 is 13.4. The van der Waals surface area contributed by atoms with Crippen LogP contribution in [0.5, 0.6) is 0 Å². The lowest BCUT2D eigenvalue weighted by Gasteiger charge is -2.32. The van der Waals surface area contributed by atoms with Gasteiger partial charge in [-0.2, -0.15) is 0 Å². The van der Waals surface area contributed by atoms with Crippen molar-refractivity contribution in [1.82, 2.24) is 10.2 Å². The second kappa shape index (κ2) is 12.5. The normalized spacial score (nSPS) is 11.6. The Morgan fingerprint density at radius 3 is 2.24 bits per heavy atom. The first-order chi connectivity index (χ1) is 16.4. The number of nitrogens with one attached hydrogen (secondary N) is 1. The van der Waals surface area contributed by atoms with Crippen LogP contribution in [-0.4, -0.2) is 29.3 Å². The average molecular weight is 501 g/mol. The van der Waals surface area contributed by atoms with Crippen molar-refractivity contribution >= 4 is 35.0 Å². The van der Waals surface area contributed by atoms with Crippen molar-refractivity contribution in [3.8, 4) is 0 Å². The van der Waals surface area contributed by atoms with E-state index in [1.54, 1.807) is 35.2 Å². The van der Waals surface area contributed by atoms with Crippen molar-refractivity contribution in [1.29, 1.82) is 0 Å². The Balaban J connectivity index is 1.96. The van der Waals surface area contributed by atoms with Crippen LogP contribution >= 0.6 is 23.2 Å². The molecule has 0 aromatic heterocycles. The van der Waals surface area contributed by atoms with E-state index in [9.17, 15) is 14.0 Å². The van der Waals surface area contributed by atoms with E-state index in [1.807, 2.05) is 37.3 Å². The summed E-state index contributed by atoms with van der Waals surface area (Å²) in [6.45, 7) is 2.66. The van der Waals surface area contributed by atoms with Gasteiger partial charge in [-0.25, -0.2) is 4.39 Å². The molecule has 7 heteroatoms. The fourth-order valence-corrected chi connectivity index (χ4v) is 3.95. The van der Waals surface area contributed by atoms with Gasteiger partial charge in [-0.15, -0.1) is 0 Å². The van der Waals surface area contributed by atoms with E-state index in [0.717, 1.165) is 17.5 Å². The first-order valence-corrected chi connectivity index (χ1v) is 11.9. The first kappa shape index (κ1) is 25.7. The molecule has 1 atom stereocenters. The molecule has 0 spiro atoms. The standard InChI is InChI=1S/C27H27Cl2FN2O2/c1-2-14-31-27(34)25(16-19-6-4-3-5-7-19)32(18-21-10-13-23(28)24(29)15-21)26(33)17-20-8-11-22(30)12-9-20/h3-13,15,25H,2,14,16-18H2,1H3,(H,31,34)/t25-/m0/s1. The summed E-state index contributed by atoms with van der Waals surface area (Å²) in [4.78, 5) is 28.4. The predicted octanol–water partition coefficient (Wildman–Crippen LogP) is 5.84. The van der Waals surface area contributed by atoms with Gasteiger partial charge in [-0.1, -0.05) is 78.7 Å². The minimum absolute atomic E-state index is 0.0357. The lowest BCUT2D eigenvalue weighted by molar-refractivity contribution is -0.140. The van der Waals surface area contributed by atoms with Gasteiger partial charge in [-0.3, -0.25) is 9.59 Å². The highest BCUT2D eigenvalue weighted by Gasteiger charge is 2.30. The number of hydrogen-bond acceptors (Lipinski definition) is 2. The van der Waals surface area contributed by atoms with Crippen molar-refractivity contribution in [3.63, 3.8) is 0 Å². The molecule has 34 heavy (non-hydrogen) atoms. The first-order valence-electron chi connectivity index (χ1n) is 11.2. The molecule has 0 saturated carbocycles. The molecule has 3 aromatic rings. The fraction of sp³-hybridized carbons (Fsp3) is 0.259. The highest BCUT2D eigenvalue weighted by Crippen LogP contribution is 2.24. The van der Waals surface area contributed by atoms with Gasteiger partial charge in [0.1, 0.15) is 11.9 Å². The SMILES string of the molecule is CCCNC(=O)[C@H](Cc1ccccc1)N(Cc1ccc(Cl)c(Cl)c1)C(=O)Cc1ccc(F)cc1. The second-order valence-electron chi connectivity index (χ2n) is 8.07. The molecular weight excluding hydrogens is 474 g/mol. The summed E-state index contributed by atoms with van der Waals surface area (Å²) in [5.41, 5.74) is 2.36. The predicted molar refractivity (Wildman–Crippen MR) is 134 cm³/mol. The number of halogens is 3.